The molecule has 9 heteroatoms. The molecule has 0 bridgehead atoms. The van der Waals surface area contributed by atoms with Crippen molar-refractivity contribution in [2.45, 2.75) is 39.3 Å². The number of unbranched alkanes of at least 4 members (excludes halogenated alkanes) is 1. The molecule has 174 valence electrons. The third kappa shape index (κ3) is 5.84. The Morgan fingerprint density at radius 3 is 2.45 bits per heavy atom. The lowest BCUT2D eigenvalue weighted by molar-refractivity contribution is -0.124. The quantitative estimate of drug-likeness (QED) is 0.497. The molecule has 3 aromatic rings. The van der Waals surface area contributed by atoms with Gasteiger partial charge >= 0.3 is 5.69 Å². The molecule has 8 nitrogen and oxygen atoms in total. The van der Waals surface area contributed by atoms with E-state index in [9.17, 15) is 14.4 Å². The van der Waals surface area contributed by atoms with Crippen molar-refractivity contribution < 1.29 is 9.53 Å². The molecule has 1 unspecified atom stereocenters. The van der Waals surface area contributed by atoms with Gasteiger partial charge in [-0.25, -0.2) is 4.79 Å². The fourth-order valence-corrected chi connectivity index (χ4v) is 3.52. The Morgan fingerprint density at radius 2 is 1.82 bits per heavy atom. The van der Waals surface area contributed by atoms with Crippen LogP contribution in [0.3, 0.4) is 0 Å². The van der Waals surface area contributed by atoms with Crippen molar-refractivity contribution in [2.75, 3.05) is 17.2 Å². The highest BCUT2D eigenvalue weighted by molar-refractivity contribution is 6.30. The first-order valence-corrected chi connectivity index (χ1v) is 11.1. The summed E-state index contributed by atoms with van der Waals surface area (Å²) >= 11 is 5.91. The van der Waals surface area contributed by atoms with Crippen LogP contribution >= 0.6 is 11.6 Å². The highest BCUT2D eigenvalue weighted by Gasteiger charge is 2.28. The summed E-state index contributed by atoms with van der Waals surface area (Å²) in [6, 6.07) is 15.9. The number of nitrogens with zero attached hydrogens (tertiary/aromatic N) is 2. The minimum Gasteiger partial charge on any atom is -0.481 e. The van der Waals surface area contributed by atoms with Crippen LogP contribution in [-0.2, 0) is 11.3 Å². The van der Waals surface area contributed by atoms with Crippen LogP contribution < -0.4 is 26.6 Å². The third-order valence-electron chi connectivity index (χ3n) is 5.14. The number of ether oxygens (including phenoxy) is 1. The number of carbonyl (C=O) groups excluding carboxylic acids is 1. The molecular weight excluding hydrogens is 444 g/mol. The first kappa shape index (κ1) is 24.1. The summed E-state index contributed by atoms with van der Waals surface area (Å²) < 4.78 is 7.02. The van der Waals surface area contributed by atoms with Gasteiger partial charge in [0.15, 0.2) is 11.8 Å². The molecule has 3 N–H and O–H groups in total. The van der Waals surface area contributed by atoms with Crippen molar-refractivity contribution in [1.29, 1.82) is 0 Å². The molecule has 2 aromatic carbocycles. The number of hydrogen-bond donors (Lipinski definition) is 2. The Bertz CT molecular complexity index is 1210. The first-order valence-electron chi connectivity index (χ1n) is 10.7. The molecule has 1 amide bonds. The van der Waals surface area contributed by atoms with Gasteiger partial charge in [0.05, 0.1) is 6.54 Å². The molecule has 0 aliphatic rings. The minimum absolute atomic E-state index is 0.0597. The maximum atomic E-state index is 13.4. The van der Waals surface area contributed by atoms with Crippen LogP contribution in [0.1, 0.15) is 32.3 Å². The van der Waals surface area contributed by atoms with Crippen LogP contribution in [0.2, 0.25) is 5.02 Å². The highest BCUT2D eigenvalue weighted by Crippen LogP contribution is 2.22. The summed E-state index contributed by atoms with van der Waals surface area (Å²) in [6.07, 6.45) is 0.518. The highest BCUT2D eigenvalue weighted by atomic mass is 35.5. The maximum Gasteiger partial charge on any atom is 0.330 e. The number of amides is 1. The summed E-state index contributed by atoms with van der Waals surface area (Å²) in [7, 11) is 0. The number of nitrogens with two attached hydrogens (primary N) is 1. The van der Waals surface area contributed by atoms with E-state index in [1.807, 2.05) is 37.3 Å². The van der Waals surface area contributed by atoms with E-state index < -0.39 is 23.3 Å². The van der Waals surface area contributed by atoms with Crippen LogP contribution in [0.4, 0.5) is 11.5 Å². The van der Waals surface area contributed by atoms with Crippen molar-refractivity contribution in [2.24, 2.45) is 0 Å². The second-order valence-corrected chi connectivity index (χ2v) is 8.06. The van der Waals surface area contributed by atoms with Gasteiger partial charge < -0.3 is 15.4 Å². The van der Waals surface area contributed by atoms with Gasteiger partial charge in [0.25, 0.3) is 11.5 Å². The zero-order valence-electron chi connectivity index (χ0n) is 18.6. The molecule has 0 fully saturated rings. The summed E-state index contributed by atoms with van der Waals surface area (Å²) in [5.74, 6) is -0.0529. The molecular formula is C24H27ClN4O4. The van der Waals surface area contributed by atoms with Gasteiger partial charge in [0.1, 0.15) is 11.6 Å². The Kier molecular flexibility index (Phi) is 7.95. The zero-order chi connectivity index (χ0) is 24.0. The van der Waals surface area contributed by atoms with E-state index in [0.29, 0.717) is 17.2 Å². The van der Waals surface area contributed by atoms with Crippen molar-refractivity contribution in [3.63, 3.8) is 0 Å². The molecule has 0 saturated carbocycles. The summed E-state index contributed by atoms with van der Waals surface area (Å²) in [4.78, 5) is 42.3. The fraction of sp³-hybridized carbons (Fsp3) is 0.292. The number of nitrogen functional groups attached to an aromatic ring is 1. The number of halogens is 1. The second kappa shape index (κ2) is 10.9. The SMILES string of the molecule is CCCCN(C(=O)C(C)Oc1ccc(Cl)cc1)c1c(N)n(Cc2ccccc2)c(=O)[nH]c1=O. The summed E-state index contributed by atoms with van der Waals surface area (Å²) in [5.41, 5.74) is 5.72. The number of anilines is 2. The molecule has 0 saturated heterocycles. The number of nitrogens with one attached hydrogen (secondary N) is 1. The first-order chi connectivity index (χ1) is 15.8. The third-order valence-corrected chi connectivity index (χ3v) is 5.40. The number of H-pyrrole nitrogens is 1. The monoisotopic (exact) mass is 470 g/mol. The lowest BCUT2D eigenvalue weighted by Gasteiger charge is -2.27. The van der Waals surface area contributed by atoms with Gasteiger partial charge in [-0.05, 0) is 43.2 Å². The van der Waals surface area contributed by atoms with E-state index in [1.165, 1.54) is 9.47 Å². The van der Waals surface area contributed by atoms with Crippen molar-refractivity contribution in [3.8, 4) is 5.75 Å². The summed E-state index contributed by atoms with van der Waals surface area (Å²) in [6.45, 7) is 3.98. The average molecular weight is 471 g/mol. The maximum absolute atomic E-state index is 13.4. The number of hydrogen-bond acceptors (Lipinski definition) is 5. The zero-order valence-corrected chi connectivity index (χ0v) is 19.3. The van der Waals surface area contributed by atoms with Crippen molar-refractivity contribution in [3.05, 3.63) is 86.0 Å². The summed E-state index contributed by atoms with van der Waals surface area (Å²) in [5, 5.41) is 0.547. The van der Waals surface area contributed by atoms with Gasteiger partial charge in [-0.15, -0.1) is 0 Å². The Hall–Kier alpha value is -3.52. The molecule has 0 spiro atoms. The number of carbonyl (C=O) groups is 1. The molecule has 33 heavy (non-hydrogen) atoms. The lowest BCUT2D eigenvalue weighted by atomic mass is 10.2. The normalized spacial score (nSPS) is 11.7. The van der Waals surface area contributed by atoms with E-state index >= 15 is 0 Å². The molecule has 1 aromatic heterocycles. The minimum atomic E-state index is -0.906. The van der Waals surface area contributed by atoms with Crippen molar-refractivity contribution >= 4 is 29.0 Å². The van der Waals surface area contributed by atoms with Crippen LogP contribution in [0.25, 0.3) is 0 Å². The number of aromatic amines is 1. The predicted octanol–water partition coefficient (Wildman–Crippen LogP) is 3.42. The van der Waals surface area contributed by atoms with E-state index in [4.69, 9.17) is 22.1 Å². The van der Waals surface area contributed by atoms with Gasteiger partial charge in [0.2, 0.25) is 0 Å². The van der Waals surface area contributed by atoms with Crippen molar-refractivity contribution in [1.82, 2.24) is 9.55 Å². The van der Waals surface area contributed by atoms with Gasteiger partial charge in [-0.2, -0.15) is 0 Å². The number of aromatic nitrogens is 2. The Labute approximate surface area is 196 Å². The molecule has 0 aliphatic heterocycles. The van der Waals surface area contributed by atoms with Gasteiger partial charge in [-0.1, -0.05) is 55.3 Å². The van der Waals surface area contributed by atoms with Crippen LogP contribution in [0, 0.1) is 0 Å². The van der Waals surface area contributed by atoms with Crippen LogP contribution in [0.15, 0.2) is 64.2 Å². The molecule has 0 radical (unpaired) electrons. The topological polar surface area (TPSA) is 110 Å². The predicted molar refractivity (Wildman–Crippen MR) is 130 cm³/mol. The van der Waals surface area contributed by atoms with Crippen LogP contribution in [-0.4, -0.2) is 28.1 Å². The van der Waals surface area contributed by atoms with Gasteiger partial charge in [0, 0.05) is 11.6 Å². The van der Waals surface area contributed by atoms with E-state index in [1.54, 1.807) is 31.2 Å². The Morgan fingerprint density at radius 1 is 1.15 bits per heavy atom. The smallest absolute Gasteiger partial charge is 0.330 e. The molecule has 3 rings (SSSR count). The number of rotatable bonds is 9. The van der Waals surface area contributed by atoms with E-state index in [2.05, 4.69) is 4.98 Å². The average Bonchev–Trinajstić information content (AvgIpc) is 2.80. The second-order valence-electron chi connectivity index (χ2n) is 7.62. The largest absolute Gasteiger partial charge is 0.481 e. The van der Waals surface area contributed by atoms with E-state index in [-0.39, 0.29) is 24.6 Å². The molecule has 1 heterocycles. The number of benzene rings is 2. The standard InChI is InChI=1S/C24H27ClN4O4/c1-3-4-14-28(23(31)16(2)33-19-12-10-18(25)11-13-19)20-21(26)29(24(32)27-22(20)30)15-17-8-6-5-7-9-17/h5-13,16H,3-4,14-15,26H2,1-2H3,(H,27,30,32). The lowest BCUT2D eigenvalue weighted by Crippen LogP contribution is -2.46. The van der Waals surface area contributed by atoms with Crippen LogP contribution in [0.5, 0.6) is 5.75 Å². The molecule has 0 aliphatic carbocycles. The van der Waals surface area contributed by atoms with E-state index in [0.717, 1.165) is 12.0 Å². The fourth-order valence-electron chi connectivity index (χ4n) is 3.40. The Balaban J connectivity index is 1.97. The van der Waals surface area contributed by atoms with Gasteiger partial charge in [-0.3, -0.25) is 19.1 Å². The molecule has 1 atom stereocenters.